The van der Waals surface area contributed by atoms with Crippen LogP contribution in [0.5, 0.6) is 23.0 Å². The number of carbonyl (C=O) groups is 2. The molecule has 6 rings (SSSR count). The fraction of sp³-hybridized carbons (Fsp3) is 0.250. The van der Waals surface area contributed by atoms with Crippen molar-refractivity contribution in [1.29, 1.82) is 0 Å². The molecule has 8 heteroatoms. The van der Waals surface area contributed by atoms with E-state index < -0.39 is 0 Å². The first kappa shape index (κ1) is 25.6. The SMILES string of the molecule is COc1ccc2cc1Oc1cc(ccc1O)CCC(=O)N[C@@H]1CN(C(=O)c3ccc(-c4ccccc4)n3C)C[C@@H]21. The van der Waals surface area contributed by atoms with E-state index >= 15 is 0 Å². The van der Waals surface area contributed by atoms with Crippen molar-refractivity contribution in [3.8, 4) is 34.3 Å². The number of aromatic nitrogens is 1. The largest absolute Gasteiger partial charge is 0.504 e. The Labute approximate surface area is 232 Å². The number of hydrogen-bond acceptors (Lipinski definition) is 5. The molecular weight excluding hydrogens is 506 g/mol. The molecule has 4 bridgehead atoms. The Kier molecular flexibility index (Phi) is 6.67. The number of nitrogens with one attached hydrogen (secondary N) is 1. The van der Waals surface area contributed by atoms with E-state index in [0.717, 1.165) is 22.4 Å². The van der Waals surface area contributed by atoms with Crippen LogP contribution in [0.3, 0.4) is 0 Å². The zero-order valence-electron chi connectivity index (χ0n) is 22.5. The number of aryl methyl sites for hydroxylation is 1. The zero-order valence-corrected chi connectivity index (χ0v) is 22.5. The average Bonchev–Trinajstić information content (AvgIpc) is 3.56. The molecule has 1 fully saturated rings. The number of ether oxygens (including phenoxy) is 2. The first-order valence-corrected chi connectivity index (χ1v) is 13.4. The summed E-state index contributed by atoms with van der Waals surface area (Å²) < 4.78 is 13.6. The molecule has 2 aliphatic heterocycles. The topological polar surface area (TPSA) is 93.0 Å². The second kappa shape index (κ2) is 10.4. The molecule has 2 aliphatic rings. The molecule has 0 spiro atoms. The summed E-state index contributed by atoms with van der Waals surface area (Å²) in [6.45, 7) is 0.818. The quantitative estimate of drug-likeness (QED) is 0.389. The lowest BCUT2D eigenvalue weighted by atomic mass is 9.93. The lowest BCUT2D eigenvalue weighted by Gasteiger charge is -2.21. The molecule has 0 saturated carbocycles. The molecule has 204 valence electrons. The molecule has 2 N–H and O–H groups in total. The minimum Gasteiger partial charge on any atom is -0.504 e. The standard InChI is InChI=1S/C32H31N3O5/c1-34-25(21-6-4-3-5-7-21)11-12-26(34)32(38)35-18-23-22-10-14-28(39-2)30(17-22)40-29-16-20(8-13-27(29)36)9-15-31(37)33-24(23)19-35/h3-8,10-14,16-17,23-24,36H,9,15,18-19H2,1-2H3,(H,33,37)/t23-,24+/m0/s1. The van der Waals surface area contributed by atoms with Crippen LogP contribution in [0, 0.1) is 0 Å². The summed E-state index contributed by atoms with van der Waals surface area (Å²) in [5.41, 5.74) is 4.36. The van der Waals surface area contributed by atoms with Gasteiger partial charge in [-0.3, -0.25) is 9.59 Å². The molecule has 2 atom stereocenters. The first-order chi connectivity index (χ1) is 19.4. The van der Waals surface area contributed by atoms with E-state index in [4.69, 9.17) is 9.47 Å². The van der Waals surface area contributed by atoms with E-state index in [-0.39, 0.29) is 35.9 Å². The van der Waals surface area contributed by atoms with Crippen LogP contribution in [-0.2, 0) is 18.3 Å². The van der Waals surface area contributed by atoms with Crippen molar-refractivity contribution in [3.63, 3.8) is 0 Å². The number of phenols is 1. The maximum atomic E-state index is 13.8. The Bertz CT molecular complexity index is 1580. The lowest BCUT2D eigenvalue weighted by Crippen LogP contribution is -2.40. The van der Waals surface area contributed by atoms with Crippen LogP contribution < -0.4 is 14.8 Å². The molecule has 40 heavy (non-hydrogen) atoms. The third kappa shape index (κ3) is 4.77. The Morgan fingerprint density at radius 1 is 0.975 bits per heavy atom. The van der Waals surface area contributed by atoms with Gasteiger partial charge in [0.25, 0.3) is 5.91 Å². The molecule has 3 aromatic carbocycles. The van der Waals surface area contributed by atoms with Gasteiger partial charge in [-0.05, 0) is 59.5 Å². The lowest BCUT2D eigenvalue weighted by molar-refractivity contribution is -0.121. The van der Waals surface area contributed by atoms with Crippen LogP contribution in [0.4, 0.5) is 0 Å². The van der Waals surface area contributed by atoms with Crippen LogP contribution in [-0.4, -0.2) is 52.6 Å². The Balaban J connectivity index is 1.34. The van der Waals surface area contributed by atoms with E-state index in [0.29, 0.717) is 42.5 Å². The number of methoxy groups -OCH3 is 1. The Morgan fingerprint density at radius 2 is 1.80 bits per heavy atom. The third-order valence-electron chi connectivity index (χ3n) is 7.86. The second-order valence-corrected chi connectivity index (χ2v) is 10.3. The van der Waals surface area contributed by atoms with Crippen molar-refractivity contribution in [1.82, 2.24) is 14.8 Å². The highest BCUT2D eigenvalue weighted by Crippen LogP contribution is 2.40. The smallest absolute Gasteiger partial charge is 0.270 e. The summed E-state index contributed by atoms with van der Waals surface area (Å²) in [5.74, 6) is 0.945. The number of likely N-dealkylation sites (tertiary alicyclic amines) is 1. The maximum absolute atomic E-state index is 13.8. The predicted molar refractivity (Wildman–Crippen MR) is 151 cm³/mol. The summed E-state index contributed by atoms with van der Waals surface area (Å²) in [7, 11) is 3.47. The third-order valence-corrected chi connectivity index (χ3v) is 7.86. The highest BCUT2D eigenvalue weighted by atomic mass is 16.5. The Morgan fingerprint density at radius 3 is 2.60 bits per heavy atom. The number of hydrogen-bond donors (Lipinski definition) is 2. The molecule has 1 saturated heterocycles. The minimum absolute atomic E-state index is 0.00323. The van der Waals surface area contributed by atoms with Gasteiger partial charge in [0.2, 0.25) is 5.91 Å². The minimum atomic E-state index is -0.274. The van der Waals surface area contributed by atoms with Crippen molar-refractivity contribution >= 4 is 11.8 Å². The number of carbonyl (C=O) groups excluding carboxylic acids is 2. The number of fused-ring (bicyclic) bond motifs is 6. The van der Waals surface area contributed by atoms with Crippen molar-refractivity contribution in [2.45, 2.75) is 24.8 Å². The summed E-state index contributed by atoms with van der Waals surface area (Å²) in [6.07, 6.45) is 0.767. The van der Waals surface area contributed by atoms with Crippen molar-refractivity contribution in [2.75, 3.05) is 20.2 Å². The van der Waals surface area contributed by atoms with E-state index in [9.17, 15) is 14.7 Å². The fourth-order valence-corrected chi connectivity index (χ4v) is 5.70. The van der Waals surface area contributed by atoms with Gasteiger partial charge in [-0.15, -0.1) is 0 Å². The molecule has 1 aromatic heterocycles. The first-order valence-electron chi connectivity index (χ1n) is 13.4. The average molecular weight is 538 g/mol. The van der Waals surface area contributed by atoms with Gasteiger partial charge in [0.1, 0.15) is 5.69 Å². The number of phenolic OH excluding ortho intramolecular Hbond substituents is 1. The van der Waals surface area contributed by atoms with Gasteiger partial charge in [0.15, 0.2) is 23.0 Å². The summed E-state index contributed by atoms with van der Waals surface area (Å²) in [5, 5.41) is 13.6. The van der Waals surface area contributed by atoms with Crippen LogP contribution in [0.25, 0.3) is 11.3 Å². The van der Waals surface area contributed by atoms with Gasteiger partial charge in [-0.1, -0.05) is 42.5 Å². The number of rotatable bonds is 3. The second-order valence-electron chi connectivity index (χ2n) is 10.3. The molecular formula is C32H31N3O5. The summed E-state index contributed by atoms with van der Waals surface area (Å²) in [6, 6.07) is 24.2. The van der Waals surface area contributed by atoms with Gasteiger partial charge in [-0.2, -0.15) is 0 Å². The Hall–Kier alpha value is -4.72. The maximum Gasteiger partial charge on any atom is 0.270 e. The van der Waals surface area contributed by atoms with Crippen molar-refractivity contribution < 1.29 is 24.2 Å². The van der Waals surface area contributed by atoms with Gasteiger partial charge in [-0.25, -0.2) is 0 Å². The monoisotopic (exact) mass is 537 g/mol. The van der Waals surface area contributed by atoms with E-state index in [1.807, 2.05) is 77.2 Å². The highest BCUT2D eigenvalue weighted by Gasteiger charge is 2.38. The van der Waals surface area contributed by atoms with Gasteiger partial charge >= 0.3 is 0 Å². The molecule has 0 aliphatic carbocycles. The molecule has 0 radical (unpaired) electrons. The molecule has 2 amide bonds. The molecule has 4 aromatic rings. The van der Waals surface area contributed by atoms with E-state index in [1.165, 1.54) is 0 Å². The molecule has 8 nitrogen and oxygen atoms in total. The highest BCUT2D eigenvalue weighted by molar-refractivity contribution is 5.94. The number of amides is 2. The van der Waals surface area contributed by atoms with Gasteiger partial charge in [0.05, 0.1) is 13.2 Å². The van der Waals surface area contributed by atoms with Crippen LogP contribution in [0.2, 0.25) is 0 Å². The number of aromatic hydroxyl groups is 1. The summed E-state index contributed by atoms with van der Waals surface area (Å²) >= 11 is 0. The van der Waals surface area contributed by atoms with E-state index in [1.54, 1.807) is 25.3 Å². The predicted octanol–water partition coefficient (Wildman–Crippen LogP) is 4.87. The molecule has 0 unspecified atom stereocenters. The van der Waals surface area contributed by atoms with E-state index in [2.05, 4.69) is 5.32 Å². The van der Waals surface area contributed by atoms with Crippen molar-refractivity contribution in [3.05, 3.63) is 95.7 Å². The van der Waals surface area contributed by atoms with Crippen molar-refractivity contribution in [2.24, 2.45) is 7.05 Å². The summed E-state index contributed by atoms with van der Waals surface area (Å²) in [4.78, 5) is 28.7. The number of benzene rings is 3. The van der Waals surface area contributed by atoms with Crippen LogP contribution >= 0.6 is 0 Å². The normalized spacial score (nSPS) is 18.4. The zero-order chi connectivity index (χ0) is 27.8. The van der Waals surface area contributed by atoms with Gasteiger partial charge < -0.3 is 29.4 Å². The van der Waals surface area contributed by atoms with Gasteiger partial charge in [0, 0.05) is 38.2 Å². The fourth-order valence-electron chi connectivity index (χ4n) is 5.70. The van der Waals surface area contributed by atoms with Crippen LogP contribution in [0.15, 0.2) is 78.9 Å². The van der Waals surface area contributed by atoms with Crippen LogP contribution in [0.1, 0.15) is 34.0 Å². The number of nitrogens with zero attached hydrogens (tertiary/aromatic N) is 2. The molecule has 3 heterocycles.